The highest BCUT2D eigenvalue weighted by Gasteiger charge is 2.31. The lowest BCUT2D eigenvalue weighted by Crippen LogP contribution is -2.50. The van der Waals surface area contributed by atoms with Crippen molar-refractivity contribution in [3.63, 3.8) is 0 Å². The number of amides is 2. The number of nitrogens with one attached hydrogen (secondary N) is 2. The van der Waals surface area contributed by atoms with Crippen LogP contribution in [0.3, 0.4) is 0 Å². The first kappa shape index (κ1) is 29.9. The molecule has 184 valence electrons. The minimum absolute atomic E-state index is 0.0341. The van der Waals surface area contributed by atoms with Crippen LogP contribution in [-0.4, -0.2) is 22.9 Å². The maximum Gasteiger partial charge on any atom is 0.220 e. The van der Waals surface area contributed by atoms with Gasteiger partial charge in [0.25, 0.3) is 0 Å². The SMILES string of the molecule is CCCCC(CCCC)(CCCC)NC(=O)CCC(=O)NC(CCC)(CCC)CCC. The molecule has 4 heteroatoms. The minimum Gasteiger partial charge on any atom is -0.351 e. The lowest BCUT2D eigenvalue weighted by Gasteiger charge is -2.36. The molecule has 0 atom stereocenters. The quantitative estimate of drug-likeness (QED) is 0.207. The van der Waals surface area contributed by atoms with Crippen LogP contribution < -0.4 is 10.6 Å². The van der Waals surface area contributed by atoms with Crippen molar-refractivity contribution in [1.29, 1.82) is 0 Å². The fourth-order valence-electron chi connectivity index (χ4n) is 5.05. The van der Waals surface area contributed by atoms with Gasteiger partial charge in [-0.05, 0) is 38.5 Å². The van der Waals surface area contributed by atoms with E-state index in [1.807, 2.05) is 0 Å². The van der Waals surface area contributed by atoms with Gasteiger partial charge < -0.3 is 10.6 Å². The second kappa shape index (κ2) is 17.5. The Hall–Kier alpha value is -1.06. The molecule has 2 amide bonds. The zero-order chi connectivity index (χ0) is 23.6. The lowest BCUT2D eigenvalue weighted by molar-refractivity contribution is -0.129. The molecule has 31 heavy (non-hydrogen) atoms. The van der Waals surface area contributed by atoms with E-state index >= 15 is 0 Å². The molecule has 2 N–H and O–H groups in total. The van der Waals surface area contributed by atoms with Crippen LogP contribution in [-0.2, 0) is 9.59 Å². The molecule has 0 radical (unpaired) electrons. The van der Waals surface area contributed by atoms with Crippen molar-refractivity contribution in [3.05, 3.63) is 0 Å². The predicted molar refractivity (Wildman–Crippen MR) is 134 cm³/mol. The van der Waals surface area contributed by atoms with Crippen LogP contribution in [0.15, 0.2) is 0 Å². The van der Waals surface area contributed by atoms with Gasteiger partial charge in [0, 0.05) is 23.9 Å². The third-order valence-electron chi connectivity index (χ3n) is 6.60. The lowest BCUT2D eigenvalue weighted by atomic mass is 9.82. The zero-order valence-electron chi connectivity index (χ0n) is 21.8. The molecule has 0 rings (SSSR count). The molecule has 0 fully saturated rings. The average Bonchev–Trinajstić information content (AvgIpc) is 2.74. The van der Waals surface area contributed by atoms with Gasteiger partial charge in [-0.15, -0.1) is 0 Å². The molecule has 0 aromatic heterocycles. The highest BCUT2D eigenvalue weighted by Crippen LogP contribution is 2.28. The number of hydrogen-bond acceptors (Lipinski definition) is 2. The summed E-state index contributed by atoms with van der Waals surface area (Å²) in [5.41, 5.74) is -0.190. The molecule has 4 nitrogen and oxygen atoms in total. The van der Waals surface area contributed by atoms with Crippen molar-refractivity contribution in [2.75, 3.05) is 0 Å². The van der Waals surface area contributed by atoms with E-state index in [0.717, 1.165) is 96.3 Å². The van der Waals surface area contributed by atoms with Crippen LogP contribution in [0.2, 0.25) is 0 Å². The molecule has 0 aliphatic carbocycles. The van der Waals surface area contributed by atoms with E-state index in [2.05, 4.69) is 52.2 Å². The fourth-order valence-corrected chi connectivity index (χ4v) is 5.05. The maximum absolute atomic E-state index is 12.9. The third-order valence-corrected chi connectivity index (χ3v) is 6.60. The number of carbonyl (C=O) groups excluding carboxylic acids is 2. The van der Waals surface area contributed by atoms with Gasteiger partial charge in [0.15, 0.2) is 0 Å². The Bertz CT molecular complexity index is 437. The fraction of sp³-hybridized carbons (Fsp3) is 0.926. The Kier molecular flexibility index (Phi) is 16.9. The Balaban J connectivity index is 5.03. The van der Waals surface area contributed by atoms with Gasteiger partial charge >= 0.3 is 0 Å². The molecule has 0 aromatic carbocycles. The normalized spacial score (nSPS) is 12.1. The molecule has 0 spiro atoms. The Labute approximate surface area is 194 Å². The van der Waals surface area contributed by atoms with Gasteiger partial charge in [-0.2, -0.15) is 0 Å². The first-order chi connectivity index (χ1) is 14.9. The Morgan fingerprint density at radius 3 is 1.03 bits per heavy atom. The van der Waals surface area contributed by atoms with Crippen LogP contribution in [0.1, 0.15) is 151 Å². The van der Waals surface area contributed by atoms with Crippen molar-refractivity contribution in [3.8, 4) is 0 Å². The molecule has 0 aliphatic heterocycles. The zero-order valence-corrected chi connectivity index (χ0v) is 21.8. The van der Waals surface area contributed by atoms with E-state index in [-0.39, 0.29) is 29.3 Å². The summed E-state index contributed by atoms with van der Waals surface area (Å²) in [6, 6.07) is 0. The van der Waals surface area contributed by atoms with Crippen molar-refractivity contribution in [2.45, 2.75) is 162 Å². The summed E-state index contributed by atoms with van der Waals surface area (Å²) < 4.78 is 0. The molecular weight excluding hydrogens is 384 g/mol. The van der Waals surface area contributed by atoms with Gasteiger partial charge in [0.1, 0.15) is 0 Å². The van der Waals surface area contributed by atoms with E-state index in [0.29, 0.717) is 6.42 Å². The van der Waals surface area contributed by atoms with Crippen molar-refractivity contribution < 1.29 is 9.59 Å². The number of rotatable bonds is 20. The molecular formula is C27H54N2O2. The second-order valence-corrected chi connectivity index (χ2v) is 9.72. The van der Waals surface area contributed by atoms with E-state index < -0.39 is 0 Å². The number of carbonyl (C=O) groups is 2. The molecule has 0 saturated heterocycles. The predicted octanol–water partition coefficient (Wildman–Crippen LogP) is 7.45. The van der Waals surface area contributed by atoms with Gasteiger partial charge in [0.05, 0.1) is 0 Å². The van der Waals surface area contributed by atoms with Crippen LogP contribution in [0.25, 0.3) is 0 Å². The summed E-state index contributed by atoms with van der Waals surface area (Å²) in [4.78, 5) is 25.7. The summed E-state index contributed by atoms with van der Waals surface area (Å²) in [6.07, 6.45) is 16.8. The molecule has 0 aliphatic rings. The van der Waals surface area contributed by atoms with Crippen LogP contribution in [0.5, 0.6) is 0 Å². The second-order valence-electron chi connectivity index (χ2n) is 9.72. The topological polar surface area (TPSA) is 58.2 Å². The van der Waals surface area contributed by atoms with Crippen molar-refractivity contribution in [2.24, 2.45) is 0 Å². The number of unbranched alkanes of at least 4 members (excludes halogenated alkanes) is 3. The molecule has 0 heterocycles. The van der Waals surface area contributed by atoms with Gasteiger partial charge in [-0.25, -0.2) is 0 Å². The maximum atomic E-state index is 12.9. The minimum atomic E-state index is -0.0983. The number of hydrogen-bond donors (Lipinski definition) is 2. The van der Waals surface area contributed by atoms with Crippen LogP contribution in [0, 0.1) is 0 Å². The van der Waals surface area contributed by atoms with Gasteiger partial charge in [0.2, 0.25) is 11.8 Å². The first-order valence-electron chi connectivity index (χ1n) is 13.5. The van der Waals surface area contributed by atoms with Crippen LogP contribution >= 0.6 is 0 Å². The summed E-state index contributed by atoms with van der Waals surface area (Å²) in [5.74, 6) is 0.0808. The summed E-state index contributed by atoms with van der Waals surface area (Å²) in [5, 5.41) is 6.75. The average molecular weight is 439 g/mol. The summed E-state index contributed by atoms with van der Waals surface area (Å²) in [6.45, 7) is 13.2. The largest absolute Gasteiger partial charge is 0.351 e. The smallest absolute Gasteiger partial charge is 0.220 e. The van der Waals surface area contributed by atoms with Gasteiger partial charge in [-0.3, -0.25) is 9.59 Å². The molecule has 0 unspecified atom stereocenters. The van der Waals surface area contributed by atoms with E-state index in [4.69, 9.17) is 0 Å². The highest BCUT2D eigenvalue weighted by molar-refractivity contribution is 5.84. The highest BCUT2D eigenvalue weighted by atomic mass is 16.2. The van der Waals surface area contributed by atoms with Crippen molar-refractivity contribution >= 4 is 11.8 Å². The first-order valence-corrected chi connectivity index (χ1v) is 13.5. The van der Waals surface area contributed by atoms with E-state index in [1.165, 1.54) is 0 Å². The van der Waals surface area contributed by atoms with Crippen molar-refractivity contribution in [1.82, 2.24) is 10.6 Å². The Morgan fingerprint density at radius 1 is 0.484 bits per heavy atom. The molecule has 0 saturated carbocycles. The summed E-state index contributed by atoms with van der Waals surface area (Å²) in [7, 11) is 0. The monoisotopic (exact) mass is 438 g/mol. The van der Waals surface area contributed by atoms with E-state index in [1.54, 1.807) is 0 Å². The standard InChI is InChI=1S/C27H54N2O2/c1-7-13-21-27(22-14-8-2,23-15-9-3)29-25(31)17-16-24(30)28-26(18-10-4,19-11-5)20-12-6/h7-23H2,1-6H3,(H,28,30)(H,29,31). The Morgan fingerprint density at radius 2 is 0.774 bits per heavy atom. The van der Waals surface area contributed by atoms with E-state index in [9.17, 15) is 9.59 Å². The summed E-state index contributed by atoms with van der Waals surface area (Å²) >= 11 is 0. The molecule has 0 bridgehead atoms. The van der Waals surface area contributed by atoms with Gasteiger partial charge in [-0.1, -0.05) is 99.3 Å². The molecule has 0 aromatic rings. The van der Waals surface area contributed by atoms with Crippen LogP contribution in [0.4, 0.5) is 0 Å². The third kappa shape index (κ3) is 12.5.